The van der Waals surface area contributed by atoms with Crippen LogP contribution >= 0.6 is 0 Å². The molecule has 0 saturated carbocycles. The molecule has 0 aliphatic heterocycles. The second-order valence-corrected chi connectivity index (χ2v) is 25.5. The molecule has 3 N–H and O–H groups in total. The molecule has 2 aromatic heterocycles. The minimum absolute atomic E-state index is 0.0462. The largest absolute Gasteiger partial charge is 0.493 e. The number of nitrogens with zero attached hydrogens (tertiary/aromatic N) is 3. The van der Waals surface area contributed by atoms with Gasteiger partial charge in [-0.15, -0.1) is 5.10 Å². The number of rotatable bonds is 28. The Kier molecular flexibility index (Phi) is 19.9. The maximum absolute atomic E-state index is 14.3. The Bertz CT molecular complexity index is 2400. The summed E-state index contributed by atoms with van der Waals surface area (Å²) in [6.07, 6.45) is 16.2. The van der Waals surface area contributed by atoms with E-state index in [1.807, 2.05) is 36.4 Å². The Labute approximate surface area is 426 Å². The topological polar surface area (TPSA) is 115 Å². The molecule has 1 unspecified atom stereocenters. The zero-order chi connectivity index (χ0) is 51.3. The van der Waals surface area contributed by atoms with Crippen molar-refractivity contribution in [2.24, 2.45) is 10.8 Å². The minimum Gasteiger partial charge on any atom is -0.493 e. The van der Waals surface area contributed by atoms with E-state index in [1.54, 1.807) is 4.63 Å². The molecule has 3 aromatic carbocycles. The number of ether oxygens (including phenoxy) is 2. The fourth-order valence-electron chi connectivity index (χ4n) is 9.97. The van der Waals surface area contributed by atoms with E-state index in [2.05, 4.69) is 143 Å². The smallest absolute Gasteiger partial charge is 0.316 e. The van der Waals surface area contributed by atoms with Crippen LogP contribution in [0.4, 0.5) is 11.4 Å². The molecule has 70 heavy (non-hydrogen) atoms. The van der Waals surface area contributed by atoms with Gasteiger partial charge >= 0.3 is 11.3 Å². The Morgan fingerprint density at radius 2 is 1.13 bits per heavy atom. The Balaban J connectivity index is 1.47. The van der Waals surface area contributed by atoms with Gasteiger partial charge in [-0.2, -0.15) is 8.84 Å². The van der Waals surface area contributed by atoms with Gasteiger partial charge in [0.1, 0.15) is 5.75 Å². The van der Waals surface area contributed by atoms with E-state index >= 15 is 0 Å². The van der Waals surface area contributed by atoms with Gasteiger partial charge in [0.2, 0.25) is 0 Å². The van der Waals surface area contributed by atoms with Crippen LogP contribution < -0.4 is 23.7 Å². The van der Waals surface area contributed by atoms with E-state index < -0.39 is 11.3 Å². The van der Waals surface area contributed by atoms with Crippen molar-refractivity contribution in [2.75, 3.05) is 23.3 Å². The number of fused-ring (bicyclic) bond motifs is 1. The van der Waals surface area contributed by atoms with Crippen LogP contribution in [0.5, 0.6) is 17.2 Å². The molecule has 0 amide bonds. The highest BCUT2D eigenvalue weighted by atomic mass is 32.2. The third kappa shape index (κ3) is 17.7. The Morgan fingerprint density at radius 1 is 0.600 bits per heavy atom. The number of aromatic nitrogens is 4. The number of hydrogen-bond acceptors (Lipinski definition) is 7. The fraction of sp³-hybridized carbons (Fsp3) is 0.627. The summed E-state index contributed by atoms with van der Waals surface area (Å²) in [5.74, 6) is 2.47. The lowest BCUT2D eigenvalue weighted by atomic mass is 9.72. The summed E-state index contributed by atoms with van der Waals surface area (Å²) >= 11 is -2.00. The van der Waals surface area contributed by atoms with Gasteiger partial charge in [0.15, 0.2) is 23.0 Å². The van der Waals surface area contributed by atoms with Crippen molar-refractivity contribution in [3.05, 3.63) is 83.0 Å². The fourth-order valence-corrected chi connectivity index (χ4v) is 10.6. The molecular formula is C59H92N6O4S. The molecule has 388 valence electrons. The number of H-pyrrole nitrogens is 1. The summed E-state index contributed by atoms with van der Waals surface area (Å²) in [5, 5.41) is 12.0. The molecule has 0 saturated heterocycles. The average Bonchev–Trinajstić information content (AvgIpc) is 3.85. The van der Waals surface area contributed by atoms with Crippen LogP contribution in [-0.2, 0) is 34.1 Å². The van der Waals surface area contributed by atoms with Crippen molar-refractivity contribution >= 4 is 28.3 Å². The molecule has 2 heterocycles. The summed E-state index contributed by atoms with van der Waals surface area (Å²) in [7, 11) is 0. The number of unbranched alkanes of at least 4 members (excludes halogenated alkanes) is 10. The lowest BCUT2D eigenvalue weighted by molar-refractivity contribution is 0.281. The molecule has 0 aliphatic rings. The van der Waals surface area contributed by atoms with Gasteiger partial charge in [-0.05, 0) is 101 Å². The average molecular weight is 981 g/mol. The summed E-state index contributed by atoms with van der Waals surface area (Å²) in [6, 6.07) is 20.8. The van der Waals surface area contributed by atoms with Crippen molar-refractivity contribution in [1.82, 2.24) is 19.8 Å². The van der Waals surface area contributed by atoms with E-state index in [0.717, 1.165) is 71.6 Å². The number of hydrogen-bond donors (Lipinski definition) is 3. The predicted molar refractivity (Wildman–Crippen MR) is 296 cm³/mol. The van der Waals surface area contributed by atoms with Crippen molar-refractivity contribution in [3.8, 4) is 28.6 Å². The molecule has 0 radical (unpaired) electrons. The minimum atomic E-state index is -2.00. The van der Waals surface area contributed by atoms with Crippen LogP contribution in [-0.4, -0.2) is 37.2 Å². The van der Waals surface area contributed by atoms with Gasteiger partial charge in [0, 0.05) is 40.5 Å². The molecule has 10 nitrogen and oxygen atoms in total. The molecule has 0 aliphatic carbocycles. The normalized spacial score (nSPS) is 13.2. The van der Waals surface area contributed by atoms with Gasteiger partial charge in [-0.3, -0.25) is 9.82 Å². The van der Waals surface area contributed by atoms with Crippen LogP contribution in [0, 0.1) is 10.8 Å². The van der Waals surface area contributed by atoms with Crippen LogP contribution in [0.2, 0.25) is 0 Å². The zero-order valence-electron chi connectivity index (χ0n) is 46.2. The van der Waals surface area contributed by atoms with Gasteiger partial charge in [0.05, 0.1) is 18.9 Å². The van der Waals surface area contributed by atoms with E-state index in [-0.39, 0.29) is 27.1 Å². The number of benzene rings is 3. The lowest BCUT2D eigenvalue weighted by Crippen LogP contribution is -2.25. The molecule has 5 rings (SSSR count). The quantitative estimate of drug-likeness (QED) is 0.0428. The van der Waals surface area contributed by atoms with Gasteiger partial charge in [0.25, 0.3) is 0 Å². The van der Waals surface area contributed by atoms with Gasteiger partial charge in [-0.1, -0.05) is 180 Å². The maximum Gasteiger partial charge on any atom is 0.316 e. The molecule has 11 heteroatoms. The van der Waals surface area contributed by atoms with Gasteiger partial charge in [-0.25, -0.2) is 4.98 Å². The summed E-state index contributed by atoms with van der Waals surface area (Å²) in [5.41, 5.74) is 7.37. The zero-order valence-corrected chi connectivity index (χ0v) is 47.0. The SMILES string of the molecule is CCCCCCCCOc1ccc(C(C)(C)CC(C)(C)C)cc1CNc1cc(NS(=O)Oc2cc(C(C)(C)CC(C)(C)C)ccc2OCCCCCCCC)cc(-c2nc3cc(C(C)(C)C)[nH]n3n2)c1. The van der Waals surface area contributed by atoms with Gasteiger partial charge < -0.3 is 19.0 Å². The monoisotopic (exact) mass is 981 g/mol. The third-order valence-corrected chi connectivity index (χ3v) is 13.7. The molecular weight excluding hydrogens is 889 g/mol. The first kappa shape index (κ1) is 56.4. The van der Waals surface area contributed by atoms with Crippen LogP contribution in [0.15, 0.2) is 60.7 Å². The van der Waals surface area contributed by atoms with Crippen molar-refractivity contribution in [3.63, 3.8) is 0 Å². The first-order chi connectivity index (χ1) is 32.9. The molecule has 0 fully saturated rings. The first-order valence-electron chi connectivity index (χ1n) is 26.6. The van der Waals surface area contributed by atoms with Crippen LogP contribution in [0.1, 0.15) is 216 Å². The van der Waals surface area contributed by atoms with Crippen molar-refractivity contribution in [1.29, 1.82) is 0 Å². The number of aromatic amines is 1. The standard InChI is InChI=1S/C59H92N6O4S/c1-16-18-20-22-24-26-32-67-49-30-28-45(58(12,13)41-55(3,4)5)34-44(49)40-60-47-35-43(54-61-53-39-52(57(9,10)11)62-65(53)63-54)36-48(38-47)64-70(66)69-51-37-46(59(14,15)42-56(6,7)8)29-31-50(51)68-33-27-25-23-21-19-17-2/h28-31,34-39,60,62,64H,16-27,32-33,40-42H2,1-15H3. The molecule has 0 spiro atoms. The number of anilines is 2. The molecule has 0 bridgehead atoms. The summed E-state index contributed by atoms with van der Waals surface area (Å²) in [4.78, 5) is 4.96. The highest BCUT2D eigenvalue weighted by Crippen LogP contribution is 2.41. The van der Waals surface area contributed by atoms with Crippen LogP contribution in [0.3, 0.4) is 0 Å². The Hall–Kier alpha value is -4.51. The second-order valence-electron chi connectivity index (χ2n) is 24.7. The third-order valence-electron chi connectivity index (χ3n) is 13.0. The van der Waals surface area contributed by atoms with E-state index in [9.17, 15) is 4.21 Å². The Morgan fingerprint density at radius 3 is 1.69 bits per heavy atom. The van der Waals surface area contributed by atoms with E-state index in [4.69, 9.17) is 23.7 Å². The van der Waals surface area contributed by atoms with Crippen molar-refractivity contribution in [2.45, 2.75) is 217 Å². The molecule has 5 aromatic rings. The first-order valence-corrected chi connectivity index (χ1v) is 27.7. The van der Waals surface area contributed by atoms with Crippen LogP contribution in [0.25, 0.3) is 17.0 Å². The predicted octanol–water partition coefficient (Wildman–Crippen LogP) is 16.6. The highest BCUT2D eigenvalue weighted by Gasteiger charge is 2.30. The maximum atomic E-state index is 14.3. The van der Waals surface area contributed by atoms with Crippen molar-refractivity contribution < 1.29 is 17.9 Å². The summed E-state index contributed by atoms with van der Waals surface area (Å²) in [6.45, 7) is 35.6. The lowest BCUT2D eigenvalue weighted by Gasteiger charge is -2.33. The van der Waals surface area contributed by atoms with E-state index in [1.165, 1.54) is 63.4 Å². The summed E-state index contributed by atoms with van der Waals surface area (Å²) < 4.78 is 38.5. The highest BCUT2D eigenvalue weighted by molar-refractivity contribution is 7.82. The number of nitrogens with one attached hydrogen (secondary N) is 3. The molecule has 1 atom stereocenters. The van der Waals surface area contributed by atoms with E-state index in [0.29, 0.717) is 42.8 Å². The second kappa shape index (κ2) is 24.7.